The summed E-state index contributed by atoms with van der Waals surface area (Å²) in [5, 5.41) is 47.0. The zero-order valence-corrected chi connectivity index (χ0v) is 33.6. The molecule has 0 unspecified atom stereocenters. The number of carbonyl (C=O) groups excluding carboxylic acids is 2. The molecule has 10 aliphatic rings. The number of nitrogens with zero attached hydrogens (tertiary/aromatic N) is 2. The minimum Gasteiger partial charge on any atom is -0.504 e. The number of aromatic hydroxyl groups is 2. The second kappa shape index (κ2) is 13.2. The van der Waals surface area contributed by atoms with Gasteiger partial charge >= 0.3 is 11.9 Å². The zero-order valence-electron chi connectivity index (χ0n) is 33.6. The van der Waals surface area contributed by atoms with Gasteiger partial charge in [-0.25, -0.2) is 9.59 Å². The summed E-state index contributed by atoms with van der Waals surface area (Å²) in [6.07, 6.45) is 10.0. The predicted molar refractivity (Wildman–Crippen MR) is 210 cm³/mol. The number of hydrogen-bond donors (Lipinski definition) is 4. The number of piperidine rings is 2. The summed E-state index contributed by atoms with van der Waals surface area (Å²) in [5.41, 5.74) is -0.209. The minimum atomic E-state index is -1.15. The van der Waals surface area contributed by atoms with Crippen molar-refractivity contribution in [1.29, 1.82) is 0 Å². The summed E-state index contributed by atoms with van der Waals surface area (Å²) < 4.78 is 35.8. The van der Waals surface area contributed by atoms with Crippen LogP contribution in [0.5, 0.6) is 23.0 Å². The van der Waals surface area contributed by atoms with Gasteiger partial charge < -0.3 is 48.8 Å². The second-order valence-corrected chi connectivity index (χ2v) is 19.2. The first-order valence-electron chi connectivity index (χ1n) is 22.0. The summed E-state index contributed by atoms with van der Waals surface area (Å²) >= 11 is 0. The van der Waals surface area contributed by atoms with E-state index in [1.54, 1.807) is 24.3 Å². The van der Waals surface area contributed by atoms with Gasteiger partial charge in [0.1, 0.15) is 24.7 Å². The van der Waals surface area contributed by atoms with E-state index in [1.807, 2.05) is 12.1 Å². The van der Waals surface area contributed by atoms with Crippen LogP contribution in [0, 0.1) is 11.8 Å². The van der Waals surface area contributed by atoms with E-state index in [0.717, 1.165) is 48.4 Å². The lowest BCUT2D eigenvalue weighted by molar-refractivity contribution is -0.175. The van der Waals surface area contributed by atoms with Crippen LogP contribution in [-0.2, 0) is 52.2 Å². The zero-order chi connectivity index (χ0) is 40.8. The minimum absolute atomic E-state index is 0.00686. The molecule has 0 radical (unpaired) electrons. The predicted octanol–water partition coefficient (Wildman–Crippen LogP) is 3.03. The quantitative estimate of drug-likeness (QED) is 0.171. The Balaban J connectivity index is 0.664. The fraction of sp³-hybridized carbons (Fsp3) is 0.609. The third-order valence-corrected chi connectivity index (χ3v) is 16.0. The SMILES string of the molecule is O=C(COCCOCC(=O)OC1=CC[C@@]2(O)[C@H]3Cc4ccc(O)c5c4[C@@]2(CCN3CC2CC2)[C@H]1O5)OC1=CC[C@@]2(O)[C@H]3Cc4ccc(O)c5c4[C@@]2(CCN3CC2CC2)[C@H]1O5. The van der Waals surface area contributed by atoms with Gasteiger partial charge in [0, 0.05) is 49.1 Å². The Morgan fingerprint density at radius 3 is 1.52 bits per heavy atom. The van der Waals surface area contributed by atoms with E-state index >= 15 is 0 Å². The Kier molecular flexibility index (Phi) is 8.24. The Bertz CT molecular complexity index is 2100. The second-order valence-electron chi connectivity index (χ2n) is 19.2. The van der Waals surface area contributed by atoms with E-state index in [1.165, 1.54) is 25.7 Å². The van der Waals surface area contributed by atoms with Crippen molar-refractivity contribution >= 4 is 11.9 Å². The normalized spacial score (nSPS) is 36.3. The standard InChI is InChI=1S/C46H52N2O12/c49-29-7-5-27-19-33-45(53)11-9-31(41-43(45,37(27)39(29)59-41)13-15-47(33)21-25-1-2-25)57-35(51)23-55-17-18-56-24-36(52)58-32-10-12-46(54)34-20-28-6-8-30(50)40-38(28)44(46,42(32)60-40)14-16-48(34)22-26-3-4-26/h5-10,25-26,33-34,41-42,49-50,53-54H,1-4,11-24H2/t33-,34-,41+,42+,43+,44+,45-,46-/m1/s1. The maximum absolute atomic E-state index is 13.2. The molecule has 4 N–H and O–H groups in total. The first kappa shape index (κ1) is 37.6. The highest BCUT2D eigenvalue weighted by Gasteiger charge is 2.74. The molecular formula is C46H52N2O12. The molecule has 4 aliphatic heterocycles. The molecule has 12 rings (SSSR count). The molecule has 2 saturated carbocycles. The Morgan fingerprint density at radius 1 is 0.667 bits per heavy atom. The number of phenols is 2. The monoisotopic (exact) mass is 824 g/mol. The lowest BCUT2D eigenvalue weighted by Crippen LogP contribution is -2.75. The van der Waals surface area contributed by atoms with Crippen LogP contribution in [-0.4, -0.2) is 130 Å². The largest absolute Gasteiger partial charge is 0.504 e. The molecule has 60 heavy (non-hydrogen) atoms. The van der Waals surface area contributed by atoms with E-state index in [0.29, 0.717) is 73.4 Å². The van der Waals surface area contributed by atoms with Crippen molar-refractivity contribution in [2.75, 3.05) is 52.6 Å². The average molecular weight is 825 g/mol. The molecule has 14 nitrogen and oxygen atoms in total. The van der Waals surface area contributed by atoms with Gasteiger partial charge in [-0.3, -0.25) is 9.80 Å². The molecule has 2 aromatic rings. The molecular weight excluding hydrogens is 773 g/mol. The van der Waals surface area contributed by atoms with Crippen molar-refractivity contribution in [3.63, 3.8) is 0 Å². The van der Waals surface area contributed by atoms with Gasteiger partial charge in [-0.2, -0.15) is 0 Å². The molecule has 4 bridgehead atoms. The highest BCUT2D eigenvalue weighted by atomic mass is 16.6. The molecule has 8 atom stereocenters. The van der Waals surface area contributed by atoms with Gasteiger partial charge in [-0.1, -0.05) is 12.1 Å². The fourth-order valence-corrected chi connectivity index (χ4v) is 13.1. The maximum atomic E-state index is 13.2. The Morgan fingerprint density at radius 2 is 1.10 bits per heavy atom. The van der Waals surface area contributed by atoms with Crippen LogP contribution in [0.15, 0.2) is 47.9 Å². The molecule has 2 aromatic carbocycles. The van der Waals surface area contributed by atoms with E-state index in [9.17, 15) is 30.0 Å². The molecule has 6 aliphatic carbocycles. The molecule has 0 amide bonds. The molecule has 4 heterocycles. The maximum Gasteiger partial charge on any atom is 0.337 e. The van der Waals surface area contributed by atoms with Crippen molar-refractivity contribution in [2.24, 2.45) is 11.8 Å². The number of likely N-dealkylation sites (tertiary alicyclic amines) is 2. The van der Waals surface area contributed by atoms with Gasteiger partial charge in [-0.15, -0.1) is 0 Å². The summed E-state index contributed by atoms with van der Waals surface area (Å²) in [6, 6.07) is 6.95. The van der Waals surface area contributed by atoms with Crippen molar-refractivity contribution in [2.45, 2.75) is 111 Å². The fourth-order valence-electron chi connectivity index (χ4n) is 13.1. The van der Waals surface area contributed by atoms with Gasteiger partial charge in [0.25, 0.3) is 0 Å². The van der Waals surface area contributed by atoms with Crippen LogP contribution in [0.2, 0.25) is 0 Å². The van der Waals surface area contributed by atoms with E-state index in [2.05, 4.69) is 9.80 Å². The number of rotatable bonds is 13. The summed E-state index contributed by atoms with van der Waals surface area (Å²) in [5.74, 6) is 1.45. The van der Waals surface area contributed by atoms with Crippen LogP contribution < -0.4 is 9.47 Å². The van der Waals surface area contributed by atoms with Crippen molar-refractivity contribution in [3.8, 4) is 23.0 Å². The average Bonchev–Trinajstić information content (AvgIpc) is 4.15. The smallest absolute Gasteiger partial charge is 0.337 e. The Hall–Kier alpha value is -4.18. The first-order valence-corrected chi connectivity index (χ1v) is 22.0. The highest BCUT2D eigenvalue weighted by Crippen LogP contribution is 2.67. The third kappa shape index (κ3) is 5.15. The van der Waals surface area contributed by atoms with Crippen molar-refractivity contribution in [1.82, 2.24) is 9.80 Å². The number of ether oxygens (including phenoxy) is 6. The number of esters is 2. The van der Waals surface area contributed by atoms with Crippen LogP contribution in [0.1, 0.15) is 73.6 Å². The topological polar surface area (TPSA) is 177 Å². The van der Waals surface area contributed by atoms with Crippen LogP contribution in [0.4, 0.5) is 0 Å². The van der Waals surface area contributed by atoms with E-state index in [4.69, 9.17) is 28.4 Å². The molecule has 0 aromatic heterocycles. The van der Waals surface area contributed by atoms with Gasteiger partial charge in [-0.05, 0) is 112 Å². The van der Waals surface area contributed by atoms with E-state index in [-0.39, 0.29) is 50.0 Å². The summed E-state index contributed by atoms with van der Waals surface area (Å²) in [7, 11) is 0. The number of hydrogen-bond acceptors (Lipinski definition) is 14. The lowest BCUT2D eigenvalue weighted by Gasteiger charge is -2.62. The van der Waals surface area contributed by atoms with Crippen LogP contribution in [0.3, 0.4) is 0 Å². The third-order valence-electron chi connectivity index (χ3n) is 16.0. The van der Waals surface area contributed by atoms with Crippen LogP contribution >= 0.6 is 0 Å². The molecule has 318 valence electrons. The van der Waals surface area contributed by atoms with Gasteiger partial charge in [0.2, 0.25) is 0 Å². The van der Waals surface area contributed by atoms with Gasteiger partial charge in [0.05, 0.1) is 35.2 Å². The number of carbonyl (C=O) groups is 2. The molecule has 2 saturated heterocycles. The lowest BCUT2D eigenvalue weighted by atomic mass is 9.50. The highest BCUT2D eigenvalue weighted by molar-refractivity contribution is 5.74. The number of aliphatic hydroxyl groups is 2. The first-order chi connectivity index (χ1) is 29.0. The van der Waals surface area contributed by atoms with E-state index < -0.39 is 46.2 Å². The molecule has 14 heteroatoms. The number of benzene rings is 2. The molecule has 2 spiro atoms. The van der Waals surface area contributed by atoms with Crippen LogP contribution in [0.25, 0.3) is 0 Å². The van der Waals surface area contributed by atoms with Crippen molar-refractivity contribution < 1.29 is 58.4 Å². The Labute approximate surface area is 347 Å². The molecule has 4 fully saturated rings. The van der Waals surface area contributed by atoms with Crippen molar-refractivity contribution in [3.05, 3.63) is 70.2 Å². The van der Waals surface area contributed by atoms with Gasteiger partial charge in [0.15, 0.2) is 35.2 Å². The number of phenolic OH excluding ortho intramolecular Hbond substituents is 2. The summed E-state index contributed by atoms with van der Waals surface area (Å²) in [4.78, 5) is 31.2. The summed E-state index contributed by atoms with van der Waals surface area (Å²) in [6.45, 7) is 2.76.